The van der Waals surface area contributed by atoms with Gasteiger partial charge in [-0.3, -0.25) is 14.3 Å². The van der Waals surface area contributed by atoms with E-state index in [0.29, 0.717) is 16.6 Å². The van der Waals surface area contributed by atoms with Gasteiger partial charge in [-0.15, -0.1) is 0 Å². The molecule has 1 N–H and O–H groups in total. The molecule has 0 aliphatic heterocycles. The van der Waals surface area contributed by atoms with E-state index in [4.69, 9.17) is 12.2 Å². The van der Waals surface area contributed by atoms with Gasteiger partial charge in [0.1, 0.15) is 5.82 Å². The normalized spacial score (nSPS) is 20.0. The number of aromatic nitrogens is 5. The number of hydrogen-bond acceptors (Lipinski definition) is 3. The molecule has 4 rings (SSSR count). The van der Waals surface area contributed by atoms with E-state index in [1.54, 1.807) is 0 Å². The lowest BCUT2D eigenvalue weighted by Gasteiger charge is -2.05. The van der Waals surface area contributed by atoms with Crippen LogP contribution < -0.4 is 0 Å². The smallest absolute Gasteiger partial charge is 0.199 e. The molecule has 5 nitrogen and oxygen atoms in total. The molecular weight excluding hydrogens is 306 g/mol. The van der Waals surface area contributed by atoms with Gasteiger partial charge in [0, 0.05) is 19.2 Å². The maximum Gasteiger partial charge on any atom is 0.199 e. The van der Waals surface area contributed by atoms with Crippen LogP contribution in [-0.4, -0.2) is 24.5 Å². The minimum atomic E-state index is 0.408. The molecule has 1 fully saturated rings. The molecule has 118 valence electrons. The second-order valence-corrected chi connectivity index (χ2v) is 6.74. The van der Waals surface area contributed by atoms with Gasteiger partial charge < -0.3 is 0 Å². The highest BCUT2D eigenvalue weighted by molar-refractivity contribution is 7.71. The summed E-state index contributed by atoms with van der Waals surface area (Å²) in [6.45, 7) is 4.11. The molecule has 0 spiro atoms. The highest BCUT2D eigenvalue weighted by atomic mass is 32.1. The van der Waals surface area contributed by atoms with Gasteiger partial charge in [-0.25, -0.2) is 0 Å². The van der Waals surface area contributed by atoms with Crippen LogP contribution in [-0.2, 0) is 7.05 Å². The maximum atomic E-state index is 5.45. The van der Waals surface area contributed by atoms with E-state index in [2.05, 4.69) is 46.5 Å². The molecule has 2 heterocycles. The van der Waals surface area contributed by atoms with Gasteiger partial charge in [-0.2, -0.15) is 10.2 Å². The van der Waals surface area contributed by atoms with E-state index in [-0.39, 0.29) is 0 Å². The number of nitrogens with zero attached hydrogens (tertiary/aromatic N) is 4. The van der Waals surface area contributed by atoms with E-state index in [9.17, 15) is 0 Å². The van der Waals surface area contributed by atoms with E-state index < -0.39 is 0 Å². The van der Waals surface area contributed by atoms with Gasteiger partial charge in [0.2, 0.25) is 0 Å². The van der Waals surface area contributed by atoms with Crippen molar-refractivity contribution in [2.75, 3.05) is 0 Å². The summed E-state index contributed by atoms with van der Waals surface area (Å²) in [4.78, 5) is 0. The summed E-state index contributed by atoms with van der Waals surface area (Å²) in [6, 6.07) is 8.79. The second kappa shape index (κ2) is 5.16. The number of aromatic amines is 1. The minimum absolute atomic E-state index is 0.408. The lowest BCUT2D eigenvalue weighted by molar-refractivity contribution is 0.756. The van der Waals surface area contributed by atoms with Crippen LogP contribution in [0.15, 0.2) is 30.5 Å². The molecule has 0 amide bonds. The molecule has 6 heteroatoms. The molecular formula is C17H19N5S. The first kappa shape index (κ1) is 14.4. The maximum absolute atomic E-state index is 5.45. The lowest BCUT2D eigenvalue weighted by atomic mass is 10.1. The van der Waals surface area contributed by atoms with Crippen LogP contribution >= 0.6 is 12.2 Å². The first-order valence-electron chi connectivity index (χ1n) is 7.79. The van der Waals surface area contributed by atoms with Crippen LogP contribution in [0.1, 0.15) is 40.9 Å². The Morgan fingerprint density at radius 1 is 1.17 bits per heavy atom. The quantitative estimate of drug-likeness (QED) is 0.749. The fraction of sp³-hybridized carbons (Fsp3) is 0.353. The van der Waals surface area contributed by atoms with Crippen molar-refractivity contribution in [3.05, 3.63) is 57.9 Å². The van der Waals surface area contributed by atoms with Crippen molar-refractivity contribution in [3.8, 4) is 5.69 Å². The zero-order valence-electron chi connectivity index (χ0n) is 13.4. The summed E-state index contributed by atoms with van der Waals surface area (Å²) in [6.07, 6.45) is 3.11. The van der Waals surface area contributed by atoms with Gasteiger partial charge in [-0.05, 0) is 44.0 Å². The molecule has 0 saturated heterocycles. The fourth-order valence-electron chi connectivity index (χ4n) is 3.26. The topological polar surface area (TPSA) is 51.4 Å². The van der Waals surface area contributed by atoms with Crippen LogP contribution in [0.5, 0.6) is 0 Å². The summed E-state index contributed by atoms with van der Waals surface area (Å²) >= 11 is 5.45. The highest BCUT2D eigenvalue weighted by Crippen LogP contribution is 2.54. The Kier molecular flexibility index (Phi) is 3.23. The standard InChI is InChI=1S/C17H19N5S/c1-10-4-6-12(7-5-10)13-8-14(13)16-18-19-17(23)22(16)15-9-21(3)20-11(15)2/h4-7,9,13-14H,8H2,1-3H3,(H,19,23). The van der Waals surface area contributed by atoms with Crippen molar-refractivity contribution in [2.24, 2.45) is 7.05 Å². The van der Waals surface area contributed by atoms with E-state index in [1.807, 2.05) is 29.4 Å². The molecule has 0 radical (unpaired) electrons. The van der Waals surface area contributed by atoms with E-state index in [1.165, 1.54) is 11.1 Å². The summed E-state index contributed by atoms with van der Waals surface area (Å²) < 4.78 is 4.48. The van der Waals surface area contributed by atoms with Crippen LogP contribution in [0.2, 0.25) is 0 Å². The van der Waals surface area contributed by atoms with Gasteiger partial charge in [0.05, 0.1) is 11.4 Å². The van der Waals surface area contributed by atoms with Gasteiger partial charge >= 0.3 is 0 Å². The Morgan fingerprint density at radius 2 is 1.91 bits per heavy atom. The number of aryl methyl sites for hydroxylation is 3. The van der Waals surface area contributed by atoms with Crippen LogP contribution in [0.3, 0.4) is 0 Å². The third-order valence-electron chi connectivity index (χ3n) is 4.55. The van der Waals surface area contributed by atoms with Gasteiger partial charge in [0.15, 0.2) is 4.77 Å². The average Bonchev–Trinajstić information content (AvgIpc) is 3.11. The number of rotatable bonds is 3. The number of benzene rings is 1. The Morgan fingerprint density at radius 3 is 2.57 bits per heavy atom. The monoisotopic (exact) mass is 325 g/mol. The highest BCUT2D eigenvalue weighted by Gasteiger charge is 2.43. The molecule has 3 aromatic rings. The lowest BCUT2D eigenvalue weighted by Crippen LogP contribution is -2.01. The van der Waals surface area contributed by atoms with Crippen molar-refractivity contribution in [2.45, 2.75) is 32.1 Å². The second-order valence-electron chi connectivity index (χ2n) is 6.36. The van der Waals surface area contributed by atoms with Crippen molar-refractivity contribution >= 4 is 12.2 Å². The van der Waals surface area contributed by atoms with Gasteiger partial charge in [0.25, 0.3) is 0 Å². The van der Waals surface area contributed by atoms with Crippen molar-refractivity contribution in [3.63, 3.8) is 0 Å². The van der Waals surface area contributed by atoms with Crippen LogP contribution in [0.25, 0.3) is 5.69 Å². The zero-order valence-corrected chi connectivity index (χ0v) is 14.3. The number of hydrogen-bond donors (Lipinski definition) is 1. The number of nitrogens with one attached hydrogen (secondary N) is 1. The molecule has 0 bridgehead atoms. The molecule has 2 aromatic heterocycles. The fourth-order valence-corrected chi connectivity index (χ4v) is 3.50. The molecule has 1 aromatic carbocycles. The largest absolute Gasteiger partial charge is 0.273 e. The Balaban J connectivity index is 1.71. The van der Waals surface area contributed by atoms with Gasteiger partial charge in [-0.1, -0.05) is 29.8 Å². The third kappa shape index (κ3) is 2.43. The van der Waals surface area contributed by atoms with E-state index >= 15 is 0 Å². The molecule has 23 heavy (non-hydrogen) atoms. The molecule has 1 saturated carbocycles. The summed E-state index contributed by atoms with van der Waals surface area (Å²) in [5.41, 5.74) is 4.64. The molecule has 2 unspecified atom stereocenters. The minimum Gasteiger partial charge on any atom is -0.273 e. The Hall–Kier alpha value is -2.21. The van der Waals surface area contributed by atoms with Crippen molar-refractivity contribution in [1.82, 2.24) is 24.5 Å². The average molecular weight is 325 g/mol. The predicted molar refractivity (Wildman–Crippen MR) is 91.5 cm³/mol. The van der Waals surface area contributed by atoms with Crippen molar-refractivity contribution < 1.29 is 0 Å². The first-order chi connectivity index (χ1) is 11.0. The number of H-pyrrole nitrogens is 1. The Labute approximate surface area is 140 Å². The zero-order chi connectivity index (χ0) is 16.1. The molecule has 1 aliphatic rings. The predicted octanol–water partition coefficient (Wildman–Crippen LogP) is 3.55. The molecule has 2 atom stereocenters. The SMILES string of the molecule is Cc1ccc(C2CC2c2n[nH]c(=S)n2-c2cn(C)nc2C)cc1. The van der Waals surface area contributed by atoms with Crippen LogP contribution in [0, 0.1) is 18.6 Å². The Bertz CT molecular complexity index is 915. The summed E-state index contributed by atoms with van der Waals surface area (Å²) in [7, 11) is 1.92. The van der Waals surface area contributed by atoms with Crippen molar-refractivity contribution in [1.29, 1.82) is 0 Å². The van der Waals surface area contributed by atoms with E-state index in [0.717, 1.165) is 23.6 Å². The first-order valence-corrected chi connectivity index (χ1v) is 8.20. The summed E-state index contributed by atoms with van der Waals surface area (Å²) in [5.74, 6) is 1.94. The molecule has 1 aliphatic carbocycles. The van der Waals surface area contributed by atoms with Crippen LogP contribution in [0.4, 0.5) is 0 Å². The third-order valence-corrected chi connectivity index (χ3v) is 4.83. The summed E-state index contributed by atoms with van der Waals surface area (Å²) in [5, 5.41) is 11.9.